The van der Waals surface area contributed by atoms with Crippen LogP contribution in [0.5, 0.6) is 0 Å². The van der Waals surface area contributed by atoms with Gasteiger partial charge >= 0.3 is 0 Å². The first-order valence-electron chi connectivity index (χ1n) is 11.1. The third-order valence-electron chi connectivity index (χ3n) is 5.66. The maximum atomic E-state index is 5.92. The Morgan fingerprint density at radius 2 is 2.00 bits per heavy atom. The Balaban J connectivity index is 1.45. The van der Waals surface area contributed by atoms with Crippen molar-refractivity contribution in [3.8, 4) is 0 Å². The number of hydrogen-bond acceptors (Lipinski definition) is 7. The van der Waals surface area contributed by atoms with Crippen LogP contribution in [0.4, 0.5) is 0 Å². The number of ether oxygens (including phenoxy) is 2. The molecular formula is C24H32N4O3S. The molecule has 3 heterocycles. The van der Waals surface area contributed by atoms with Gasteiger partial charge in [-0.05, 0) is 50.1 Å². The van der Waals surface area contributed by atoms with Crippen LogP contribution in [-0.2, 0) is 41.5 Å². The molecule has 0 amide bonds. The fraction of sp³-hybridized carbons (Fsp3) is 0.500. The van der Waals surface area contributed by atoms with E-state index in [-0.39, 0.29) is 6.10 Å². The molecule has 1 atom stereocenters. The second kappa shape index (κ2) is 11.1. The van der Waals surface area contributed by atoms with Gasteiger partial charge in [-0.15, -0.1) is 10.2 Å². The molecule has 0 saturated carbocycles. The van der Waals surface area contributed by atoms with E-state index < -0.39 is 0 Å². The van der Waals surface area contributed by atoms with E-state index in [0.29, 0.717) is 19.7 Å². The summed E-state index contributed by atoms with van der Waals surface area (Å²) in [6, 6.07) is 12.5. The van der Waals surface area contributed by atoms with Crippen molar-refractivity contribution in [2.24, 2.45) is 0 Å². The molecular weight excluding hydrogens is 424 g/mol. The minimum atomic E-state index is 0.231. The summed E-state index contributed by atoms with van der Waals surface area (Å²) >= 11 is 1.74. The summed E-state index contributed by atoms with van der Waals surface area (Å²) in [5.74, 6) is 3.59. The fourth-order valence-corrected chi connectivity index (χ4v) is 4.97. The Kier molecular flexibility index (Phi) is 8.02. The number of furan rings is 1. The molecule has 7 nitrogen and oxygen atoms in total. The predicted octanol–water partition coefficient (Wildman–Crippen LogP) is 4.43. The molecule has 0 N–H and O–H groups in total. The Morgan fingerprint density at radius 1 is 1.16 bits per heavy atom. The minimum absolute atomic E-state index is 0.231. The first-order chi connectivity index (χ1) is 15.6. The normalized spacial score (nSPS) is 16.3. The lowest BCUT2D eigenvalue weighted by Gasteiger charge is -2.18. The smallest absolute Gasteiger partial charge is 0.191 e. The molecule has 1 aliphatic heterocycles. The van der Waals surface area contributed by atoms with Gasteiger partial charge in [-0.1, -0.05) is 36.0 Å². The number of aryl methyl sites for hydroxylation is 1. The highest BCUT2D eigenvalue weighted by Gasteiger charge is 2.22. The van der Waals surface area contributed by atoms with Crippen LogP contribution in [0, 0.1) is 6.92 Å². The van der Waals surface area contributed by atoms with Crippen molar-refractivity contribution >= 4 is 11.8 Å². The summed E-state index contributed by atoms with van der Waals surface area (Å²) in [4.78, 5) is 2.20. The second-order valence-corrected chi connectivity index (χ2v) is 9.28. The zero-order valence-electron chi connectivity index (χ0n) is 19.1. The van der Waals surface area contributed by atoms with Crippen LogP contribution >= 0.6 is 11.8 Å². The SMILES string of the molecule is COCc1ccc(CN(C)Cc2nnc(SCc3ccccc3C)n2C[C@@H]2CCCO2)o1. The van der Waals surface area contributed by atoms with Crippen molar-refractivity contribution < 1.29 is 13.9 Å². The highest BCUT2D eigenvalue weighted by Crippen LogP contribution is 2.26. The molecule has 8 heteroatoms. The summed E-state index contributed by atoms with van der Waals surface area (Å²) in [6.07, 6.45) is 2.44. The fourth-order valence-electron chi connectivity index (χ4n) is 3.92. The topological polar surface area (TPSA) is 65.5 Å². The largest absolute Gasteiger partial charge is 0.462 e. The highest BCUT2D eigenvalue weighted by atomic mass is 32.2. The third-order valence-corrected chi connectivity index (χ3v) is 6.68. The van der Waals surface area contributed by atoms with Gasteiger partial charge in [0.15, 0.2) is 5.16 Å². The molecule has 0 bridgehead atoms. The quantitative estimate of drug-likeness (QED) is 0.396. The van der Waals surface area contributed by atoms with Crippen LogP contribution in [0.3, 0.4) is 0 Å². The molecule has 32 heavy (non-hydrogen) atoms. The Labute approximate surface area is 194 Å². The number of methoxy groups -OCH3 is 1. The van der Waals surface area contributed by atoms with Gasteiger partial charge in [0.25, 0.3) is 0 Å². The van der Waals surface area contributed by atoms with Crippen molar-refractivity contribution in [2.75, 3.05) is 20.8 Å². The van der Waals surface area contributed by atoms with Crippen LogP contribution in [0.15, 0.2) is 46.0 Å². The Morgan fingerprint density at radius 3 is 2.78 bits per heavy atom. The van der Waals surface area contributed by atoms with Crippen molar-refractivity contribution in [1.82, 2.24) is 19.7 Å². The zero-order chi connectivity index (χ0) is 22.3. The van der Waals surface area contributed by atoms with Gasteiger partial charge < -0.3 is 18.5 Å². The number of thioether (sulfide) groups is 1. The van der Waals surface area contributed by atoms with Crippen LogP contribution in [-0.4, -0.2) is 46.5 Å². The number of hydrogen-bond donors (Lipinski definition) is 0. The molecule has 1 fully saturated rings. The summed E-state index contributed by atoms with van der Waals surface area (Å²) in [5.41, 5.74) is 2.63. The van der Waals surface area contributed by atoms with Crippen LogP contribution in [0.25, 0.3) is 0 Å². The van der Waals surface area contributed by atoms with E-state index in [9.17, 15) is 0 Å². The first kappa shape index (κ1) is 23.0. The number of rotatable bonds is 11. The van der Waals surface area contributed by atoms with Gasteiger partial charge in [-0.25, -0.2) is 0 Å². The highest BCUT2D eigenvalue weighted by molar-refractivity contribution is 7.98. The van der Waals surface area contributed by atoms with E-state index in [2.05, 4.69) is 57.9 Å². The lowest BCUT2D eigenvalue weighted by Crippen LogP contribution is -2.23. The maximum Gasteiger partial charge on any atom is 0.191 e. The number of benzene rings is 1. The Bertz CT molecular complexity index is 997. The molecule has 1 saturated heterocycles. The molecule has 2 aromatic heterocycles. The van der Waals surface area contributed by atoms with Gasteiger partial charge in [0.05, 0.1) is 25.7 Å². The predicted molar refractivity (Wildman–Crippen MR) is 124 cm³/mol. The summed E-state index contributed by atoms with van der Waals surface area (Å²) in [6.45, 7) is 5.66. The van der Waals surface area contributed by atoms with Crippen LogP contribution in [0.2, 0.25) is 0 Å². The summed E-state index contributed by atoms with van der Waals surface area (Å²) in [5, 5.41) is 10.1. The number of aromatic nitrogens is 3. The maximum absolute atomic E-state index is 5.92. The van der Waals surface area contributed by atoms with Crippen molar-refractivity contribution in [3.63, 3.8) is 0 Å². The molecule has 4 rings (SSSR count). The van der Waals surface area contributed by atoms with E-state index in [4.69, 9.17) is 13.9 Å². The zero-order valence-corrected chi connectivity index (χ0v) is 19.9. The molecule has 0 aliphatic carbocycles. The van der Waals surface area contributed by atoms with Crippen LogP contribution < -0.4 is 0 Å². The molecule has 0 unspecified atom stereocenters. The molecule has 3 aromatic rings. The lowest BCUT2D eigenvalue weighted by molar-refractivity contribution is 0.0933. The van der Waals surface area contributed by atoms with Gasteiger partial charge in [0, 0.05) is 19.5 Å². The number of nitrogens with zero attached hydrogens (tertiary/aromatic N) is 4. The van der Waals surface area contributed by atoms with Gasteiger partial charge in [-0.3, -0.25) is 4.90 Å². The van der Waals surface area contributed by atoms with Crippen molar-refractivity contribution in [1.29, 1.82) is 0 Å². The lowest BCUT2D eigenvalue weighted by atomic mass is 10.1. The van der Waals surface area contributed by atoms with Gasteiger partial charge in [0.2, 0.25) is 0 Å². The van der Waals surface area contributed by atoms with E-state index in [1.165, 1.54) is 11.1 Å². The standard InChI is InChI=1S/C24H32N4O3S/c1-18-7-4-5-8-19(18)17-32-24-26-25-23(28(24)14-20-9-6-12-30-20)15-27(2)13-21-10-11-22(31-21)16-29-3/h4-5,7-8,10-11,20H,6,9,12-17H2,1-3H3/t20-/m0/s1. The molecule has 172 valence electrons. The molecule has 0 radical (unpaired) electrons. The average molecular weight is 457 g/mol. The van der Waals surface area contributed by atoms with Crippen molar-refractivity contribution in [3.05, 3.63) is 64.9 Å². The monoisotopic (exact) mass is 456 g/mol. The summed E-state index contributed by atoms with van der Waals surface area (Å²) in [7, 11) is 3.74. The average Bonchev–Trinajstić information content (AvgIpc) is 3.52. The first-order valence-corrected chi connectivity index (χ1v) is 12.1. The molecule has 1 aliphatic rings. The second-order valence-electron chi connectivity index (χ2n) is 8.33. The minimum Gasteiger partial charge on any atom is -0.462 e. The third kappa shape index (κ3) is 6.01. The van der Waals surface area contributed by atoms with E-state index in [1.54, 1.807) is 18.9 Å². The van der Waals surface area contributed by atoms with Gasteiger partial charge in [-0.2, -0.15) is 0 Å². The van der Waals surface area contributed by atoms with Crippen LogP contribution in [0.1, 0.15) is 41.3 Å². The molecule has 1 aromatic carbocycles. The van der Waals surface area contributed by atoms with Gasteiger partial charge in [0.1, 0.15) is 24.0 Å². The van der Waals surface area contributed by atoms with E-state index >= 15 is 0 Å². The van der Waals surface area contributed by atoms with E-state index in [0.717, 1.165) is 54.2 Å². The van der Waals surface area contributed by atoms with E-state index in [1.807, 2.05) is 12.1 Å². The Hall–Kier alpha value is -2.13. The summed E-state index contributed by atoms with van der Waals surface area (Å²) < 4.78 is 19.1. The van der Waals surface area contributed by atoms with Crippen molar-refractivity contribution in [2.45, 2.75) is 63.0 Å². The molecule has 0 spiro atoms.